The standard InChI is InChI=1S/C12H17NO6S/c1-7-10(12(15)16)11(8(2)19-7)20(17,18)13(5-6-14)9-3-4-9/h9,14H,3-6H2,1-2H3,(H,15,16). The predicted octanol–water partition coefficient (Wildman–Crippen LogP) is 0.740. The van der Waals surface area contributed by atoms with Gasteiger partial charge in [0.2, 0.25) is 10.0 Å². The highest BCUT2D eigenvalue weighted by atomic mass is 32.2. The summed E-state index contributed by atoms with van der Waals surface area (Å²) in [5, 5.41) is 18.2. The van der Waals surface area contributed by atoms with Gasteiger partial charge in [0.1, 0.15) is 22.0 Å². The number of carboxylic acid groups (broad SMARTS) is 1. The number of aromatic carboxylic acids is 1. The Bertz CT molecular complexity index is 629. The topological polar surface area (TPSA) is 108 Å². The lowest BCUT2D eigenvalue weighted by Gasteiger charge is -2.20. The van der Waals surface area contributed by atoms with Crippen LogP contribution in [0, 0.1) is 13.8 Å². The molecular formula is C12H17NO6S. The SMILES string of the molecule is Cc1oc(C)c(S(=O)(=O)N(CCO)C2CC2)c1C(=O)O. The predicted molar refractivity (Wildman–Crippen MR) is 69.1 cm³/mol. The molecule has 1 aromatic rings. The monoisotopic (exact) mass is 303 g/mol. The summed E-state index contributed by atoms with van der Waals surface area (Å²) in [6.45, 7) is 2.49. The van der Waals surface area contributed by atoms with Gasteiger partial charge in [-0.2, -0.15) is 4.31 Å². The van der Waals surface area contributed by atoms with Crippen LogP contribution in [0.15, 0.2) is 9.31 Å². The molecule has 0 spiro atoms. The number of sulfonamides is 1. The van der Waals surface area contributed by atoms with Crippen molar-refractivity contribution < 1.29 is 27.8 Å². The zero-order valence-electron chi connectivity index (χ0n) is 11.3. The number of hydrogen-bond donors (Lipinski definition) is 2. The van der Waals surface area contributed by atoms with Crippen LogP contribution < -0.4 is 0 Å². The number of nitrogens with zero attached hydrogens (tertiary/aromatic N) is 1. The van der Waals surface area contributed by atoms with Gasteiger partial charge in [0.05, 0.1) is 6.61 Å². The Labute approximate surface area is 116 Å². The molecule has 112 valence electrons. The number of furan rings is 1. The maximum atomic E-state index is 12.7. The van der Waals surface area contributed by atoms with Crippen LogP contribution in [-0.2, 0) is 10.0 Å². The third kappa shape index (κ3) is 2.46. The molecule has 0 aromatic carbocycles. The summed E-state index contributed by atoms with van der Waals surface area (Å²) in [5.74, 6) is -1.21. The molecule has 0 unspecified atom stereocenters. The summed E-state index contributed by atoms with van der Waals surface area (Å²) in [5.41, 5.74) is -0.328. The molecule has 0 amide bonds. The minimum absolute atomic E-state index is 0.0459. The number of rotatable bonds is 6. The fraction of sp³-hybridized carbons (Fsp3) is 0.583. The van der Waals surface area contributed by atoms with Crippen LogP contribution in [0.2, 0.25) is 0 Å². The quantitative estimate of drug-likeness (QED) is 0.802. The molecule has 1 fully saturated rings. The van der Waals surface area contributed by atoms with Crippen molar-refractivity contribution in [3.05, 3.63) is 17.1 Å². The third-order valence-electron chi connectivity index (χ3n) is 3.26. The Kier molecular flexibility index (Phi) is 3.90. The van der Waals surface area contributed by atoms with Gasteiger partial charge in [0.15, 0.2) is 0 Å². The number of carbonyl (C=O) groups is 1. The molecule has 0 atom stereocenters. The average molecular weight is 303 g/mol. The summed E-state index contributed by atoms with van der Waals surface area (Å²) < 4.78 is 31.6. The zero-order chi connectivity index (χ0) is 15.1. The molecule has 0 bridgehead atoms. The van der Waals surface area contributed by atoms with Gasteiger partial charge >= 0.3 is 5.97 Å². The second-order valence-electron chi connectivity index (χ2n) is 4.79. The van der Waals surface area contributed by atoms with E-state index in [1.165, 1.54) is 13.8 Å². The summed E-state index contributed by atoms with van der Waals surface area (Å²) in [7, 11) is -3.99. The van der Waals surface area contributed by atoms with E-state index in [1.54, 1.807) is 0 Å². The lowest BCUT2D eigenvalue weighted by molar-refractivity contribution is 0.0691. The fourth-order valence-electron chi connectivity index (χ4n) is 2.30. The lowest BCUT2D eigenvalue weighted by Crippen LogP contribution is -2.36. The van der Waals surface area contributed by atoms with Gasteiger partial charge in [-0.1, -0.05) is 0 Å². The second kappa shape index (κ2) is 5.19. The highest BCUT2D eigenvalue weighted by Crippen LogP contribution is 2.35. The molecule has 0 radical (unpaired) electrons. The minimum atomic E-state index is -3.99. The van der Waals surface area contributed by atoms with Gasteiger partial charge in [0.25, 0.3) is 0 Å². The van der Waals surface area contributed by atoms with Crippen molar-refractivity contribution in [3.63, 3.8) is 0 Å². The molecular weight excluding hydrogens is 286 g/mol. The molecule has 1 aromatic heterocycles. The third-order valence-corrected chi connectivity index (χ3v) is 5.37. The van der Waals surface area contributed by atoms with Crippen molar-refractivity contribution in [2.24, 2.45) is 0 Å². The Morgan fingerprint density at radius 3 is 2.40 bits per heavy atom. The van der Waals surface area contributed by atoms with Crippen LogP contribution in [0.5, 0.6) is 0 Å². The first-order valence-electron chi connectivity index (χ1n) is 6.26. The number of carboxylic acids is 1. The first-order valence-corrected chi connectivity index (χ1v) is 7.70. The van der Waals surface area contributed by atoms with Crippen LogP contribution in [0.1, 0.15) is 34.7 Å². The van der Waals surface area contributed by atoms with Gasteiger partial charge in [-0.25, -0.2) is 13.2 Å². The highest BCUT2D eigenvalue weighted by Gasteiger charge is 2.41. The maximum Gasteiger partial charge on any atom is 0.340 e. The number of hydrogen-bond acceptors (Lipinski definition) is 5. The van der Waals surface area contributed by atoms with E-state index in [0.29, 0.717) is 0 Å². The van der Waals surface area contributed by atoms with Gasteiger partial charge < -0.3 is 14.6 Å². The summed E-state index contributed by atoms with van der Waals surface area (Å²) in [6, 6.07) is -0.164. The molecule has 7 nitrogen and oxygen atoms in total. The summed E-state index contributed by atoms with van der Waals surface area (Å²) in [4.78, 5) is 11.0. The van der Waals surface area contributed by atoms with E-state index in [2.05, 4.69) is 0 Å². The van der Waals surface area contributed by atoms with E-state index in [-0.39, 0.29) is 41.2 Å². The molecule has 1 heterocycles. The van der Waals surface area contributed by atoms with Crippen LogP contribution >= 0.6 is 0 Å². The van der Waals surface area contributed by atoms with E-state index in [1.807, 2.05) is 0 Å². The van der Waals surface area contributed by atoms with Crippen LogP contribution in [-0.4, -0.2) is 48.1 Å². The first-order chi connectivity index (χ1) is 9.30. The Balaban J connectivity index is 2.56. The zero-order valence-corrected chi connectivity index (χ0v) is 12.1. The maximum absolute atomic E-state index is 12.7. The van der Waals surface area contributed by atoms with E-state index in [0.717, 1.165) is 17.1 Å². The molecule has 1 aliphatic rings. The van der Waals surface area contributed by atoms with Crippen molar-refractivity contribution in [2.45, 2.75) is 37.6 Å². The van der Waals surface area contributed by atoms with Gasteiger partial charge in [-0.15, -0.1) is 0 Å². The van der Waals surface area contributed by atoms with E-state index >= 15 is 0 Å². The Hall–Kier alpha value is -1.38. The van der Waals surface area contributed by atoms with Crippen molar-refractivity contribution in [3.8, 4) is 0 Å². The Morgan fingerprint density at radius 1 is 1.35 bits per heavy atom. The normalized spacial score (nSPS) is 15.8. The number of aryl methyl sites for hydroxylation is 2. The van der Waals surface area contributed by atoms with Gasteiger partial charge in [0, 0.05) is 12.6 Å². The van der Waals surface area contributed by atoms with Crippen molar-refractivity contribution >= 4 is 16.0 Å². The number of aliphatic hydroxyl groups is 1. The lowest BCUT2D eigenvalue weighted by atomic mass is 10.2. The minimum Gasteiger partial charge on any atom is -0.478 e. The fourth-order valence-corrected chi connectivity index (χ4v) is 4.35. The molecule has 8 heteroatoms. The van der Waals surface area contributed by atoms with Crippen molar-refractivity contribution in [2.75, 3.05) is 13.2 Å². The average Bonchev–Trinajstić information content (AvgIpc) is 3.10. The molecule has 20 heavy (non-hydrogen) atoms. The molecule has 0 aliphatic heterocycles. The highest BCUT2D eigenvalue weighted by molar-refractivity contribution is 7.89. The smallest absolute Gasteiger partial charge is 0.340 e. The summed E-state index contributed by atoms with van der Waals surface area (Å²) >= 11 is 0. The summed E-state index contributed by atoms with van der Waals surface area (Å²) in [6.07, 6.45) is 1.44. The van der Waals surface area contributed by atoms with Gasteiger partial charge in [-0.3, -0.25) is 0 Å². The van der Waals surface area contributed by atoms with Crippen LogP contribution in [0.3, 0.4) is 0 Å². The first kappa shape index (κ1) is 15.0. The Morgan fingerprint density at radius 2 is 1.95 bits per heavy atom. The largest absolute Gasteiger partial charge is 0.478 e. The van der Waals surface area contributed by atoms with Crippen molar-refractivity contribution in [1.82, 2.24) is 4.31 Å². The van der Waals surface area contributed by atoms with Crippen LogP contribution in [0.25, 0.3) is 0 Å². The molecule has 0 saturated heterocycles. The molecule has 2 N–H and O–H groups in total. The van der Waals surface area contributed by atoms with E-state index < -0.39 is 16.0 Å². The van der Waals surface area contributed by atoms with Gasteiger partial charge in [-0.05, 0) is 26.7 Å². The van der Waals surface area contributed by atoms with E-state index in [4.69, 9.17) is 9.52 Å². The molecule has 1 saturated carbocycles. The van der Waals surface area contributed by atoms with Crippen molar-refractivity contribution in [1.29, 1.82) is 0 Å². The number of aliphatic hydroxyl groups excluding tert-OH is 1. The molecule has 2 rings (SSSR count). The second-order valence-corrected chi connectivity index (χ2v) is 6.62. The van der Waals surface area contributed by atoms with E-state index in [9.17, 15) is 18.3 Å². The molecule has 1 aliphatic carbocycles. The van der Waals surface area contributed by atoms with Crippen LogP contribution in [0.4, 0.5) is 0 Å².